The van der Waals surface area contributed by atoms with Gasteiger partial charge in [0.15, 0.2) is 5.13 Å². The van der Waals surface area contributed by atoms with Crippen molar-refractivity contribution in [2.24, 2.45) is 5.92 Å². The van der Waals surface area contributed by atoms with E-state index < -0.39 is 0 Å². The molecule has 2 rings (SSSR count). The van der Waals surface area contributed by atoms with E-state index in [0.717, 1.165) is 0 Å². The molecular weight excluding hydrogens is 248 g/mol. The summed E-state index contributed by atoms with van der Waals surface area (Å²) in [5.41, 5.74) is 5.78. The van der Waals surface area contributed by atoms with Crippen LogP contribution in [0.15, 0.2) is 0 Å². The first kappa shape index (κ1) is 13.1. The van der Waals surface area contributed by atoms with Gasteiger partial charge in [0.25, 0.3) is 5.91 Å². The monoisotopic (exact) mass is 268 g/mol. The van der Waals surface area contributed by atoms with E-state index >= 15 is 0 Å². The number of amides is 1. The second-order valence-electron chi connectivity index (χ2n) is 5.13. The Morgan fingerprint density at radius 1 is 1.44 bits per heavy atom. The van der Waals surface area contributed by atoms with E-state index in [1.165, 1.54) is 24.2 Å². The largest absolute Gasteiger partial charge is 0.382 e. The van der Waals surface area contributed by atoms with Crippen LogP contribution in [-0.2, 0) is 0 Å². The number of nitrogens with two attached hydrogens (primary N) is 1. The van der Waals surface area contributed by atoms with Gasteiger partial charge in [0, 0.05) is 12.1 Å². The number of nitrogen functional groups attached to an aromatic ring is 1. The SMILES string of the molecule is CC(C)Nc1nc(N)c(C(=O)NC(C)C2CC2)s1. The zero-order chi connectivity index (χ0) is 13.3. The van der Waals surface area contributed by atoms with Crippen LogP contribution >= 0.6 is 11.3 Å². The van der Waals surface area contributed by atoms with Crippen molar-refractivity contribution in [2.45, 2.75) is 45.7 Å². The zero-order valence-corrected chi connectivity index (χ0v) is 11.8. The van der Waals surface area contributed by atoms with E-state index in [4.69, 9.17) is 5.73 Å². The van der Waals surface area contributed by atoms with Crippen molar-refractivity contribution in [1.29, 1.82) is 0 Å². The molecule has 1 saturated carbocycles. The summed E-state index contributed by atoms with van der Waals surface area (Å²) in [5, 5.41) is 6.85. The molecule has 100 valence electrons. The molecule has 4 N–H and O–H groups in total. The van der Waals surface area contributed by atoms with Gasteiger partial charge in [-0.05, 0) is 39.5 Å². The summed E-state index contributed by atoms with van der Waals surface area (Å²) in [5.74, 6) is 0.834. The van der Waals surface area contributed by atoms with Gasteiger partial charge in [-0.3, -0.25) is 4.79 Å². The lowest BCUT2D eigenvalue weighted by Crippen LogP contribution is -2.33. The van der Waals surface area contributed by atoms with E-state index in [1.54, 1.807) is 0 Å². The Morgan fingerprint density at radius 3 is 2.67 bits per heavy atom. The molecular formula is C12H20N4OS. The zero-order valence-electron chi connectivity index (χ0n) is 11.0. The molecule has 1 fully saturated rings. The fourth-order valence-electron chi connectivity index (χ4n) is 1.79. The van der Waals surface area contributed by atoms with Crippen LogP contribution in [0.25, 0.3) is 0 Å². The molecule has 1 unspecified atom stereocenters. The van der Waals surface area contributed by atoms with Crippen molar-refractivity contribution in [1.82, 2.24) is 10.3 Å². The number of aromatic nitrogens is 1. The minimum Gasteiger partial charge on any atom is -0.382 e. The Kier molecular flexibility index (Phi) is 3.75. The van der Waals surface area contributed by atoms with Gasteiger partial charge in [-0.15, -0.1) is 0 Å². The Morgan fingerprint density at radius 2 is 2.11 bits per heavy atom. The van der Waals surface area contributed by atoms with E-state index in [9.17, 15) is 4.79 Å². The summed E-state index contributed by atoms with van der Waals surface area (Å²) in [6.45, 7) is 6.08. The molecule has 0 spiro atoms. The highest BCUT2D eigenvalue weighted by Gasteiger charge is 2.30. The number of hydrogen-bond donors (Lipinski definition) is 3. The van der Waals surface area contributed by atoms with Crippen LogP contribution in [0, 0.1) is 5.92 Å². The van der Waals surface area contributed by atoms with Gasteiger partial charge in [-0.1, -0.05) is 11.3 Å². The van der Waals surface area contributed by atoms with E-state index in [2.05, 4.69) is 15.6 Å². The molecule has 0 bridgehead atoms. The Balaban J connectivity index is 2.02. The molecule has 1 atom stereocenters. The number of nitrogens with zero attached hydrogens (tertiary/aromatic N) is 1. The number of carbonyl (C=O) groups excluding carboxylic acids is 1. The maximum absolute atomic E-state index is 12.1. The highest BCUT2D eigenvalue weighted by atomic mass is 32.1. The molecule has 0 aromatic carbocycles. The number of rotatable bonds is 5. The van der Waals surface area contributed by atoms with Gasteiger partial charge in [0.2, 0.25) is 0 Å². The van der Waals surface area contributed by atoms with Gasteiger partial charge >= 0.3 is 0 Å². The Hall–Kier alpha value is -1.30. The lowest BCUT2D eigenvalue weighted by Gasteiger charge is -2.11. The maximum Gasteiger partial charge on any atom is 0.265 e. The molecule has 18 heavy (non-hydrogen) atoms. The van der Waals surface area contributed by atoms with Crippen molar-refractivity contribution >= 4 is 28.2 Å². The second kappa shape index (κ2) is 5.14. The number of carbonyl (C=O) groups is 1. The van der Waals surface area contributed by atoms with Gasteiger partial charge < -0.3 is 16.4 Å². The molecule has 0 aliphatic heterocycles. The third kappa shape index (κ3) is 3.13. The highest BCUT2D eigenvalue weighted by Crippen LogP contribution is 2.33. The van der Waals surface area contributed by atoms with E-state index in [0.29, 0.717) is 21.7 Å². The van der Waals surface area contributed by atoms with Crippen molar-refractivity contribution in [3.05, 3.63) is 4.88 Å². The standard InChI is InChI=1S/C12H20N4OS/c1-6(2)14-12-16-10(13)9(18-12)11(17)15-7(3)8-4-5-8/h6-8H,4-5,13H2,1-3H3,(H,14,16)(H,15,17). The van der Waals surface area contributed by atoms with Crippen molar-refractivity contribution in [3.8, 4) is 0 Å². The second-order valence-corrected chi connectivity index (χ2v) is 6.13. The normalized spacial score (nSPS) is 16.7. The van der Waals surface area contributed by atoms with Gasteiger partial charge in [0.05, 0.1) is 0 Å². The molecule has 1 amide bonds. The number of hydrogen-bond acceptors (Lipinski definition) is 5. The fraction of sp³-hybridized carbons (Fsp3) is 0.667. The Labute approximate surface area is 111 Å². The summed E-state index contributed by atoms with van der Waals surface area (Å²) in [6, 6.07) is 0.498. The molecule has 1 aliphatic rings. The molecule has 1 aliphatic carbocycles. The summed E-state index contributed by atoms with van der Waals surface area (Å²) in [6.07, 6.45) is 2.42. The number of thiazole rings is 1. The third-order valence-corrected chi connectivity index (χ3v) is 3.96. The minimum atomic E-state index is -0.110. The summed E-state index contributed by atoms with van der Waals surface area (Å²) in [4.78, 5) is 16.7. The molecule has 6 heteroatoms. The highest BCUT2D eigenvalue weighted by molar-refractivity contribution is 7.18. The van der Waals surface area contributed by atoms with Crippen LogP contribution in [0.1, 0.15) is 43.3 Å². The third-order valence-electron chi connectivity index (χ3n) is 2.96. The smallest absolute Gasteiger partial charge is 0.265 e. The van der Waals surface area contributed by atoms with Crippen molar-refractivity contribution in [2.75, 3.05) is 11.1 Å². The average Bonchev–Trinajstić information content (AvgIpc) is 3.03. The van der Waals surface area contributed by atoms with Crippen molar-refractivity contribution < 1.29 is 4.79 Å². The number of nitrogens with one attached hydrogen (secondary N) is 2. The van der Waals surface area contributed by atoms with E-state index in [-0.39, 0.29) is 18.0 Å². The summed E-state index contributed by atoms with van der Waals surface area (Å²) < 4.78 is 0. The fourth-order valence-corrected chi connectivity index (χ4v) is 2.72. The van der Waals surface area contributed by atoms with Crippen LogP contribution in [0.3, 0.4) is 0 Å². The summed E-state index contributed by atoms with van der Waals surface area (Å²) >= 11 is 1.31. The van der Waals surface area contributed by atoms with Crippen LogP contribution in [0.4, 0.5) is 10.9 Å². The van der Waals surface area contributed by atoms with Gasteiger partial charge in [-0.2, -0.15) is 0 Å². The molecule has 1 aromatic heterocycles. The van der Waals surface area contributed by atoms with Crippen LogP contribution in [0.5, 0.6) is 0 Å². The molecule has 1 aromatic rings. The quantitative estimate of drug-likeness (QED) is 0.763. The van der Waals surface area contributed by atoms with Crippen molar-refractivity contribution in [3.63, 3.8) is 0 Å². The van der Waals surface area contributed by atoms with Gasteiger partial charge in [-0.25, -0.2) is 4.98 Å². The maximum atomic E-state index is 12.1. The topological polar surface area (TPSA) is 80.0 Å². The lowest BCUT2D eigenvalue weighted by atomic mass is 10.2. The predicted molar refractivity (Wildman–Crippen MR) is 74.9 cm³/mol. The first-order valence-electron chi connectivity index (χ1n) is 6.31. The molecule has 0 saturated heterocycles. The van der Waals surface area contributed by atoms with Crippen LogP contribution in [-0.4, -0.2) is 23.0 Å². The molecule has 5 nitrogen and oxygen atoms in total. The lowest BCUT2D eigenvalue weighted by molar-refractivity contribution is 0.0940. The first-order chi connectivity index (χ1) is 8.47. The molecule has 1 heterocycles. The number of anilines is 2. The average molecular weight is 268 g/mol. The molecule has 0 radical (unpaired) electrons. The Bertz CT molecular complexity index is 439. The summed E-state index contributed by atoms with van der Waals surface area (Å²) in [7, 11) is 0. The van der Waals surface area contributed by atoms with Gasteiger partial charge in [0.1, 0.15) is 10.7 Å². The van der Waals surface area contributed by atoms with Crippen LogP contribution < -0.4 is 16.4 Å². The van der Waals surface area contributed by atoms with E-state index in [1.807, 2.05) is 20.8 Å². The predicted octanol–water partition coefficient (Wildman–Crippen LogP) is 2.07. The minimum absolute atomic E-state index is 0.110. The first-order valence-corrected chi connectivity index (χ1v) is 7.12. The van der Waals surface area contributed by atoms with Crippen LogP contribution in [0.2, 0.25) is 0 Å².